The average molecular weight is 601 g/mol. The fourth-order valence-corrected chi connectivity index (χ4v) is 5.82. The molecule has 0 aromatic heterocycles. The molecular weight excluding hydrogens is 565 g/mol. The highest BCUT2D eigenvalue weighted by Crippen LogP contribution is 2.35. The van der Waals surface area contributed by atoms with Crippen molar-refractivity contribution in [1.82, 2.24) is 10.2 Å². The maximum Gasteiger partial charge on any atom is 0.243 e. The van der Waals surface area contributed by atoms with Crippen molar-refractivity contribution in [3.8, 4) is 11.5 Å². The number of hydrogen-bond donors (Lipinski definition) is 1. The van der Waals surface area contributed by atoms with Gasteiger partial charge in [-0.1, -0.05) is 36.2 Å². The summed E-state index contributed by atoms with van der Waals surface area (Å²) in [5.41, 5.74) is 0.954. The summed E-state index contributed by atoms with van der Waals surface area (Å²) in [7, 11) is -3.66. The Morgan fingerprint density at radius 3 is 2.28 bits per heavy atom. The van der Waals surface area contributed by atoms with Gasteiger partial charge >= 0.3 is 0 Å². The molecule has 0 unspecified atom stereocenters. The third kappa shape index (κ3) is 8.16. The van der Waals surface area contributed by atoms with E-state index in [9.17, 15) is 18.0 Å². The summed E-state index contributed by atoms with van der Waals surface area (Å²) >= 11 is 12.8. The summed E-state index contributed by atoms with van der Waals surface area (Å²) in [6, 6.07) is 9.13. The van der Waals surface area contributed by atoms with Crippen LogP contribution in [0.15, 0.2) is 36.4 Å². The van der Waals surface area contributed by atoms with Crippen LogP contribution in [0.1, 0.15) is 45.6 Å². The number of nitrogens with one attached hydrogen (secondary N) is 1. The molecule has 0 bridgehead atoms. The normalized spacial score (nSPS) is 13.6. The number of fused-ring (bicyclic) bond motifs is 1. The van der Waals surface area contributed by atoms with E-state index in [-0.39, 0.29) is 43.8 Å². The van der Waals surface area contributed by atoms with Crippen LogP contribution in [-0.2, 0) is 26.2 Å². The van der Waals surface area contributed by atoms with E-state index in [1.807, 2.05) is 20.8 Å². The lowest BCUT2D eigenvalue weighted by Gasteiger charge is -2.32. The van der Waals surface area contributed by atoms with E-state index in [1.165, 1.54) is 9.21 Å². The van der Waals surface area contributed by atoms with Crippen LogP contribution in [0.3, 0.4) is 0 Å². The van der Waals surface area contributed by atoms with E-state index in [1.54, 1.807) is 36.4 Å². The van der Waals surface area contributed by atoms with E-state index >= 15 is 0 Å². The first-order chi connectivity index (χ1) is 18.4. The largest absolute Gasteiger partial charge is 0.486 e. The number of carbonyl (C=O) groups excluding carboxylic acids is 2. The Balaban J connectivity index is 1.81. The minimum Gasteiger partial charge on any atom is -0.486 e. The molecular formula is C27H35Cl2N3O6S. The number of halogens is 2. The van der Waals surface area contributed by atoms with Gasteiger partial charge in [-0.3, -0.25) is 13.9 Å². The molecule has 9 nitrogen and oxygen atoms in total. The highest BCUT2D eigenvalue weighted by Gasteiger charge is 2.30. The van der Waals surface area contributed by atoms with Crippen molar-refractivity contribution < 1.29 is 27.5 Å². The van der Waals surface area contributed by atoms with Crippen molar-refractivity contribution in [3.63, 3.8) is 0 Å². The van der Waals surface area contributed by atoms with Crippen molar-refractivity contribution in [2.24, 2.45) is 0 Å². The first-order valence-electron chi connectivity index (χ1n) is 12.8. The second kappa shape index (κ2) is 13.6. The lowest BCUT2D eigenvalue weighted by Crippen LogP contribution is -2.50. The predicted molar refractivity (Wildman–Crippen MR) is 153 cm³/mol. The van der Waals surface area contributed by atoms with Crippen LogP contribution in [0.4, 0.5) is 5.69 Å². The molecule has 0 fully saturated rings. The molecule has 214 valence electrons. The lowest BCUT2D eigenvalue weighted by molar-refractivity contribution is -0.141. The monoisotopic (exact) mass is 599 g/mol. The molecule has 0 spiro atoms. The van der Waals surface area contributed by atoms with Gasteiger partial charge in [0.05, 0.1) is 11.9 Å². The van der Waals surface area contributed by atoms with Gasteiger partial charge in [-0.25, -0.2) is 8.42 Å². The first kappa shape index (κ1) is 30.8. The zero-order chi connectivity index (χ0) is 28.7. The van der Waals surface area contributed by atoms with Crippen LogP contribution in [0.25, 0.3) is 0 Å². The number of carbonyl (C=O) groups is 2. The van der Waals surface area contributed by atoms with E-state index in [0.717, 1.165) is 6.26 Å². The minimum absolute atomic E-state index is 0.00407. The van der Waals surface area contributed by atoms with Crippen molar-refractivity contribution >= 4 is 50.7 Å². The SMILES string of the molecule is CC[C@H](C(=O)NC(C)C)N(Cc1c(Cl)cccc1Cl)C(=O)CCCN(c1ccc2c(c1)OCCO2)S(C)(=O)=O. The van der Waals surface area contributed by atoms with Gasteiger partial charge < -0.3 is 19.7 Å². The van der Waals surface area contributed by atoms with Crippen LogP contribution in [0, 0.1) is 0 Å². The highest BCUT2D eigenvalue weighted by atomic mass is 35.5. The van der Waals surface area contributed by atoms with E-state index < -0.39 is 16.1 Å². The number of benzene rings is 2. The van der Waals surface area contributed by atoms with Gasteiger partial charge in [-0.2, -0.15) is 0 Å². The molecule has 1 aliphatic rings. The van der Waals surface area contributed by atoms with Crippen LogP contribution >= 0.6 is 23.2 Å². The summed E-state index contributed by atoms with van der Waals surface area (Å²) < 4.78 is 37.7. The molecule has 12 heteroatoms. The Morgan fingerprint density at radius 1 is 1.05 bits per heavy atom. The Labute approximate surface area is 240 Å². The summed E-state index contributed by atoms with van der Waals surface area (Å²) in [6.07, 6.45) is 1.71. The van der Waals surface area contributed by atoms with Crippen LogP contribution in [-0.4, -0.2) is 63.2 Å². The lowest BCUT2D eigenvalue weighted by atomic mass is 10.1. The molecule has 0 aliphatic carbocycles. The zero-order valence-corrected chi connectivity index (χ0v) is 24.9. The molecule has 0 saturated carbocycles. The molecule has 0 radical (unpaired) electrons. The second-order valence-electron chi connectivity index (χ2n) is 9.58. The van der Waals surface area contributed by atoms with Gasteiger partial charge in [0.1, 0.15) is 19.3 Å². The Bertz CT molecular complexity index is 1270. The number of rotatable bonds is 12. The molecule has 2 amide bonds. The maximum absolute atomic E-state index is 13.6. The maximum atomic E-state index is 13.6. The number of ether oxygens (including phenoxy) is 2. The van der Waals surface area contributed by atoms with Crippen molar-refractivity contribution in [3.05, 3.63) is 52.0 Å². The molecule has 1 atom stereocenters. The molecule has 1 aliphatic heterocycles. The number of amides is 2. The number of nitrogens with zero attached hydrogens (tertiary/aromatic N) is 2. The molecule has 1 heterocycles. The summed E-state index contributed by atoms with van der Waals surface area (Å²) in [4.78, 5) is 28.1. The van der Waals surface area contributed by atoms with Crippen LogP contribution < -0.4 is 19.1 Å². The van der Waals surface area contributed by atoms with Gasteiger partial charge in [-0.05, 0) is 51.0 Å². The van der Waals surface area contributed by atoms with Crippen molar-refractivity contribution in [2.45, 2.75) is 58.7 Å². The Hall–Kier alpha value is -2.69. The van der Waals surface area contributed by atoms with Crippen molar-refractivity contribution in [1.29, 1.82) is 0 Å². The van der Waals surface area contributed by atoms with Crippen LogP contribution in [0.5, 0.6) is 11.5 Å². The quantitative estimate of drug-likeness (QED) is 0.381. The topological polar surface area (TPSA) is 105 Å². The van der Waals surface area contributed by atoms with E-state index in [2.05, 4.69) is 5.32 Å². The molecule has 3 rings (SSSR count). The van der Waals surface area contributed by atoms with Gasteiger partial charge in [0.25, 0.3) is 0 Å². The molecule has 2 aromatic rings. The highest BCUT2D eigenvalue weighted by molar-refractivity contribution is 7.92. The zero-order valence-electron chi connectivity index (χ0n) is 22.6. The van der Waals surface area contributed by atoms with Gasteiger partial charge in [0.15, 0.2) is 11.5 Å². The number of sulfonamides is 1. The van der Waals surface area contributed by atoms with Crippen LogP contribution in [0.2, 0.25) is 10.0 Å². The number of hydrogen-bond acceptors (Lipinski definition) is 6. The molecule has 1 N–H and O–H groups in total. The number of anilines is 1. The smallest absolute Gasteiger partial charge is 0.243 e. The molecule has 2 aromatic carbocycles. The summed E-state index contributed by atoms with van der Waals surface area (Å²) in [5.74, 6) is 0.423. The Kier molecular flexibility index (Phi) is 10.7. The van der Waals surface area contributed by atoms with E-state index in [4.69, 9.17) is 32.7 Å². The fourth-order valence-electron chi connectivity index (χ4n) is 4.35. The summed E-state index contributed by atoms with van der Waals surface area (Å²) in [6.45, 7) is 6.41. The van der Waals surface area contributed by atoms with Gasteiger partial charge in [-0.15, -0.1) is 0 Å². The first-order valence-corrected chi connectivity index (χ1v) is 15.4. The van der Waals surface area contributed by atoms with Gasteiger partial charge in [0, 0.05) is 47.2 Å². The Morgan fingerprint density at radius 2 is 1.69 bits per heavy atom. The van der Waals surface area contributed by atoms with E-state index in [0.29, 0.717) is 52.4 Å². The fraction of sp³-hybridized carbons (Fsp3) is 0.481. The summed E-state index contributed by atoms with van der Waals surface area (Å²) in [5, 5.41) is 3.66. The minimum atomic E-state index is -3.66. The molecule has 0 saturated heterocycles. The second-order valence-corrected chi connectivity index (χ2v) is 12.3. The third-order valence-corrected chi connectivity index (χ3v) is 8.08. The third-order valence-electron chi connectivity index (χ3n) is 6.17. The standard InChI is InChI=1S/C27H35Cl2N3O6S/c1-5-23(27(34)30-18(2)3)31(17-20-21(28)8-6-9-22(20)29)26(33)10-7-13-32(39(4,35)36)19-11-12-24-25(16-19)38-15-14-37-24/h6,8-9,11-12,16,18,23H,5,7,10,13-15,17H2,1-4H3,(H,30,34)/t23-/m1/s1. The molecule has 39 heavy (non-hydrogen) atoms. The van der Waals surface area contributed by atoms with Gasteiger partial charge in [0.2, 0.25) is 21.8 Å². The predicted octanol–water partition coefficient (Wildman–Crippen LogP) is 4.64. The van der Waals surface area contributed by atoms with Crippen molar-refractivity contribution in [2.75, 3.05) is 30.3 Å². The average Bonchev–Trinajstić information content (AvgIpc) is 2.86.